The fourth-order valence-corrected chi connectivity index (χ4v) is 2.94. The van der Waals surface area contributed by atoms with E-state index in [0.717, 1.165) is 10.6 Å². The van der Waals surface area contributed by atoms with Crippen LogP contribution < -0.4 is 10.6 Å². The maximum atomic E-state index is 12.0. The molecule has 2 N–H and O–H groups in total. The van der Waals surface area contributed by atoms with E-state index in [1.54, 1.807) is 12.0 Å². The van der Waals surface area contributed by atoms with Crippen LogP contribution in [0.3, 0.4) is 0 Å². The number of anilines is 1. The van der Waals surface area contributed by atoms with Crippen molar-refractivity contribution in [2.24, 2.45) is 0 Å². The first-order valence-corrected chi connectivity index (χ1v) is 7.31. The summed E-state index contributed by atoms with van der Waals surface area (Å²) in [5.41, 5.74) is 0.923. The van der Waals surface area contributed by atoms with Crippen LogP contribution in [-0.4, -0.2) is 55.9 Å². The van der Waals surface area contributed by atoms with Crippen LogP contribution in [0.15, 0.2) is 0 Å². The molecule has 116 valence electrons. The summed E-state index contributed by atoms with van der Waals surface area (Å²) in [5.74, 6) is 0. The van der Waals surface area contributed by atoms with E-state index >= 15 is 0 Å². The first kappa shape index (κ1) is 15.5. The first-order valence-electron chi connectivity index (χ1n) is 6.49. The van der Waals surface area contributed by atoms with Crippen LogP contribution in [-0.2, 0) is 22.4 Å². The zero-order chi connectivity index (χ0) is 15.2. The maximum Gasteiger partial charge on any atom is 0.413 e. The molecule has 0 radical (unpaired) electrons. The van der Waals surface area contributed by atoms with Crippen molar-refractivity contribution in [3.05, 3.63) is 10.6 Å². The standard InChI is InChI=1S/C12H18N4O4S/c1-19-6-4-13-11(17)16-5-3-8-9(7-16)21-10(14-8)15-12(18)20-2/h3-7H2,1-2H3,(H,13,17)(H,14,15,18). The minimum atomic E-state index is -0.546. The van der Waals surface area contributed by atoms with Crippen LogP contribution in [0.25, 0.3) is 0 Å². The van der Waals surface area contributed by atoms with E-state index in [2.05, 4.69) is 20.4 Å². The van der Waals surface area contributed by atoms with Crippen molar-refractivity contribution in [3.8, 4) is 0 Å². The molecular formula is C12H18N4O4S. The summed E-state index contributed by atoms with van der Waals surface area (Å²) in [6.45, 7) is 2.07. The fourth-order valence-electron chi connectivity index (χ4n) is 1.93. The van der Waals surface area contributed by atoms with Crippen molar-refractivity contribution in [1.82, 2.24) is 15.2 Å². The number of hydrogen-bond acceptors (Lipinski definition) is 6. The van der Waals surface area contributed by atoms with Gasteiger partial charge < -0.3 is 19.7 Å². The molecule has 1 aliphatic rings. The fraction of sp³-hybridized carbons (Fsp3) is 0.583. The van der Waals surface area contributed by atoms with Gasteiger partial charge in [0.1, 0.15) is 0 Å². The van der Waals surface area contributed by atoms with E-state index in [9.17, 15) is 9.59 Å². The summed E-state index contributed by atoms with van der Waals surface area (Å²) >= 11 is 1.36. The van der Waals surface area contributed by atoms with Gasteiger partial charge in [0.25, 0.3) is 0 Å². The molecule has 8 nitrogen and oxygen atoms in total. The van der Waals surface area contributed by atoms with Gasteiger partial charge in [0.15, 0.2) is 5.13 Å². The highest BCUT2D eigenvalue weighted by Crippen LogP contribution is 2.28. The highest BCUT2D eigenvalue weighted by Gasteiger charge is 2.24. The number of fused-ring (bicyclic) bond motifs is 1. The smallest absolute Gasteiger partial charge is 0.413 e. The van der Waals surface area contributed by atoms with Gasteiger partial charge in [0.05, 0.1) is 26.0 Å². The molecule has 0 saturated carbocycles. The van der Waals surface area contributed by atoms with Crippen LogP contribution in [0.5, 0.6) is 0 Å². The molecule has 21 heavy (non-hydrogen) atoms. The minimum Gasteiger partial charge on any atom is -0.453 e. The lowest BCUT2D eigenvalue weighted by molar-refractivity contribution is 0.176. The normalized spacial score (nSPS) is 13.5. The van der Waals surface area contributed by atoms with Gasteiger partial charge in [-0.15, -0.1) is 0 Å². The largest absolute Gasteiger partial charge is 0.453 e. The van der Waals surface area contributed by atoms with Gasteiger partial charge in [-0.3, -0.25) is 5.32 Å². The third-order valence-corrected chi connectivity index (χ3v) is 3.99. The highest BCUT2D eigenvalue weighted by molar-refractivity contribution is 7.15. The SMILES string of the molecule is COCCNC(=O)N1CCc2nc(NC(=O)OC)sc2C1. The molecule has 3 amide bonds. The molecule has 0 spiro atoms. The molecule has 0 atom stereocenters. The second-order valence-corrected chi connectivity index (χ2v) is 5.49. The van der Waals surface area contributed by atoms with Gasteiger partial charge in [-0.2, -0.15) is 0 Å². The molecule has 0 aromatic carbocycles. The van der Waals surface area contributed by atoms with Crippen LogP contribution >= 0.6 is 11.3 Å². The molecule has 0 saturated heterocycles. The number of methoxy groups -OCH3 is 2. The molecule has 0 unspecified atom stereocenters. The molecule has 2 rings (SSSR count). The predicted octanol–water partition coefficient (Wildman–Crippen LogP) is 1.04. The van der Waals surface area contributed by atoms with Gasteiger partial charge in [-0.05, 0) is 0 Å². The lowest BCUT2D eigenvalue weighted by Crippen LogP contribution is -2.43. The molecule has 1 aromatic heterocycles. The third-order valence-electron chi connectivity index (χ3n) is 3.00. The van der Waals surface area contributed by atoms with Crippen LogP contribution in [0.4, 0.5) is 14.7 Å². The van der Waals surface area contributed by atoms with E-state index in [0.29, 0.717) is 37.8 Å². The number of hydrogen-bond donors (Lipinski definition) is 2. The number of aromatic nitrogens is 1. The lowest BCUT2D eigenvalue weighted by atomic mass is 10.2. The van der Waals surface area contributed by atoms with E-state index in [1.807, 2.05) is 0 Å². The Bertz CT molecular complexity index is 519. The topological polar surface area (TPSA) is 92.8 Å². The Hall–Kier alpha value is -1.87. The number of thiazole rings is 1. The average molecular weight is 314 g/mol. The van der Waals surface area contributed by atoms with Crippen molar-refractivity contribution in [3.63, 3.8) is 0 Å². The summed E-state index contributed by atoms with van der Waals surface area (Å²) in [7, 11) is 2.89. The number of urea groups is 1. The third kappa shape index (κ3) is 4.05. The summed E-state index contributed by atoms with van der Waals surface area (Å²) in [6, 6.07) is -0.117. The van der Waals surface area contributed by atoms with Crippen molar-refractivity contribution in [2.45, 2.75) is 13.0 Å². The van der Waals surface area contributed by atoms with Crippen molar-refractivity contribution >= 4 is 28.6 Å². The van der Waals surface area contributed by atoms with Crippen molar-refractivity contribution in [2.75, 3.05) is 39.2 Å². The van der Waals surface area contributed by atoms with Gasteiger partial charge in [-0.1, -0.05) is 11.3 Å². The number of nitrogens with zero attached hydrogens (tertiary/aromatic N) is 2. The summed E-state index contributed by atoms with van der Waals surface area (Å²) < 4.78 is 9.42. The summed E-state index contributed by atoms with van der Waals surface area (Å²) in [4.78, 5) is 30.2. The van der Waals surface area contributed by atoms with Gasteiger partial charge in [0.2, 0.25) is 0 Å². The predicted molar refractivity (Wildman–Crippen MR) is 77.5 cm³/mol. The average Bonchev–Trinajstić information content (AvgIpc) is 2.88. The molecule has 1 aromatic rings. The second-order valence-electron chi connectivity index (χ2n) is 4.40. The second kappa shape index (κ2) is 7.23. The Morgan fingerprint density at radius 1 is 1.43 bits per heavy atom. The Kier molecular flexibility index (Phi) is 5.34. The highest BCUT2D eigenvalue weighted by atomic mass is 32.1. The van der Waals surface area contributed by atoms with Crippen LogP contribution in [0.1, 0.15) is 10.6 Å². The summed E-state index contributed by atoms with van der Waals surface area (Å²) in [5, 5.41) is 5.83. The Balaban J connectivity index is 1.93. The molecular weight excluding hydrogens is 296 g/mol. The summed E-state index contributed by atoms with van der Waals surface area (Å²) in [6.07, 6.45) is 0.127. The monoisotopic (exact) mass is 314 g/mol. The van der Waals surface area contributed by atoms with Crippen molar-refractivity contribution in [1.29, 1.82) is 0 Å². The van der Waals surface area contributed by atoms with Gasteiger partial charge in [0, 0.05) is 31.5 Å². The molecule has 0 bridgehead atoms. The maximum absolute atomic E-state index is 12.0. The number of carbonyl (C=O) groups is 2. The Morgan fingerprint density at radius 2 is 2.24 bits per heavy atom. The Labute approximate surface area is 126 Å². The van der Waals surface area contributed by atoms with Crippen molar-refractivity contribution < 1.29 is 19.1 Å². The molecule has 0 aliphatic carbocycles. The molecule has 0 fully saturated rings. The zero-order valence-corrected chi connectivity index (χ0v) is 12.8. The van der Waals surface area contributed by atoms with Crippen LogP contribution in [0, 0.1) is 0 Å². The van der Waals surface area contributed by atoms with Crippen LogP contribution in [0.2, 0.25) is 0 Å². The van der Waals surface area contributed by atoms with E-state index < -0.39 is 6.09 Å². The molecule has 2 heterocycles. The van der Waals surface area contributed by atoms with E-state index in [4.69, 9.17) is 4.74 Å². The lowest BCUT2D eigenvalue weighted by Gasteiger charge is -2.26. The molecule has 9 heteroatoms. The number of ether oxygens (including phenoxy) is 2. The van der Waals surface area contributed by atoms with E-state index in [1.165, 1.54) is 18.4 Å². The Morgan fingerprint density at radius 3 is 2.95 bits per heavy atom. The number of carbonyl (C=O) groups excluding carboxylic acids is 2. The number of rotatable bonds is 4. The first-order chi connectivity index (χ1) is 10.1. The van der Waals surface area contributed by atoms with Gasteiger partial charge >= 0.3 is 12.1 Å². The number of nitrogens with one attached hydrogen (secondary N) is 2. The van der Waals surface area contributed by atoms with Gasteiger partial charge in [-0.25, -0.2) is 14.6 Å². The quantitative estimate of drug-likeness (QED) is 0.810. The zero-order valence-electron chi connectivity index (χ0n) is 12.0. The molecule has 1 aliphatic heterocycles. The van der Waals surface area contributed by atoms with E-state index in [-0.39, 0.29) is 6.03 Å². The minimum absolute atomic E-state index is 0.117. The number of amides is 3.